The fraction of sp³-hybridized carbons (Fsp3) is 0.417. The second kappa shape index (κ2) is 20.3. The molecule has 1 heterocycles. The van der Waals surface area contributed by atoms with E-state index >= 15 is 0 Å². The van der Waals surface area contributed by atoms with Crippen molar-refractivity contribution in [1.29, 1.82) is 0 Å². The van der Waals surface area contributed by atoms with Gasteiger partial charge in [-0.1, -0.05) is 64.1 Å². The smallest absolute Gasteiger partial charge is 0.319 e. The molecular formula is C36H48N4O6. The zero-order valence-corrected chi connectivity index (χ0v) is 27.5. The molecule has 2 aliphatic rings. The van der Waals surface area contributed by atoms with Gasteiger partial charge in [-0.25, -0.2) is 4.79 Å². The number of amides is 5. The maximum atomic E-state index is 12.5. The van der Waals surface area contributed by atoms with Gasteiger partial charge in [0.05, 0.1) is 12.5 Å². The van der Waals surface area contributed by atoms with Gasteiger partial charge in [-0.3, -0.25) is 19.7 Å². The highest BCUT2D eigenvalue weighted by Crippen LogP contribution is 2.26. The van der Waals surface area contributed by atoms with Crippen molar-refractivity contribution < 1.29 is 28.7 Å². The predicted octanol–water partition coefficient (Wildman–Crippen LogP) is 6.22. The number of hydrogen-bond donors (Lipinski definition) is 4. The summed E-state index contributed by atoms with van der Waals surface area (Å²) >= 11 is 0. The largest absolute Gasteiger partial charge is 0.458 e. The fourth-order valence-electron chi connectivity index (χ4n) is 4.86. The van der Waals surface area contributed by atoms with Crippen LogP contribution in [0.5, 0.6) is 5.75 Å². The summed E-state index contributed by atoms with van der Waals surface area (Å²) < 4.78 is 5.88. The molecule has 248 valence electrons. The molecule has 10 heteroatoms. The van der Waals surface area contributed by atoms with Crippen molar-refractivity contribution in [2.75, 3.05) is 12.4 Å². The monoisotopic (exact) mass is 632 g/mol. The van der Waals surface area contributed by atoms with Gasteiger partial charge in [-0.05, 0) is 73.6 Å². The lowest BCUT2D eigenvalue weighted by molar-refractivity contribution is -0.126. The molecule has 1 aliphatic carbocycles. The van der Waals surface area contributed by atoms with Gasteiger partial charge in [0.1, 0.15) is 17.8 Å². The molecule has 4 rings (SSSR count). The number of benzene rings is 2. The average molecular weight is 633 g/mol. The van der Waals surface area contributed by atoms with Crippen LogP contribution in [0.3, 0.4) is 0 Å². The van der Waals surface area contributed by atoms with E-state index < -0.39 is 6.04 Å². The Bertz CT molecular complexity index is 1340. The maximum absolute atomic E-state index is 12.5. The summed E-state index contributed by atoms with van der Waals surface area (Å²) in [6.45, 7) is 7.66. The topological polar surface area (TPSA) is 143 Å². The SMILES string of the molecule is CC.CC(CC=O)C[C@@H]1C(=O)NC(=O)C1C.CNC(=O)CC(NC(=O)Nc1ccc(OC2=CCCCC=C2)cc1)c1ccccc1. The van der Waals surface area contributed by atoms with E-state index in [9.17, 15) is 24.0 Å². The number of anilines is 1. The van der Waals surface area contributed by atoms with Crippen LogP contribution in [0.2, 0.25) is 0 Å². The number of allylic oxidation sites excluding steroid dienone is 3. The van der Waals surface area contributed by atoms with Crippen LogP contribution in [0.1, 0.15) is 77.8 Å². The Labute approximate surface area is 272 Å². The molecule has 2 aromatic carbocycles. The standard InChI is InChI=1S/C24H27N3O3.C10H15NO3.C2H6/c1-25-23(28)17-22(18-9-5-4-6-10-18)27-24(29)26-19-13-15-21(16-14-19)30-20-11-7-2-3-8-12-20;1-6(3-4-12)5-8-7(2)9(13)11-10(8)14;1-2/h4-7,9-16,22H,2-3,8,17H2,1H3,(H,25,28)(H2,26,27,29);4,6-8H,3,5H2,1-2H3,(H,11,13,14);1-2H3/t;6?,7?,8-;/m.0./s1. The molecule has 4 N–H and O–H groups in total. The molecule has 1 aliphatic heterocycles. The van der Waals surface area contributed by atoms with Gasteiger partial charge in [0.2, 0.25) is 17.7 Å². The average Bonchev–Trinajstić information content (AvgIpc) is 3.21. The summed E-state index contributed by atoms with van der Waals surface area (Å²) in [5.41, 5.74) is 1.50. The van der Waals surface area contributed by atoms with Crippen molar-refractivity contribution in [1.82, 2.24) is 16.0 Å². The van der Waals surface area contributed by atoms with Crippen LogP contribution in [0.15, 0.2) is 78.6 Å². The number of carbonyl (C=O) groups excluding carboxylic acids is 5. The number of rotatable bonds is 11. The lowest BCUT2D eigenvalue weighted by atomic mass is 9.87. The summed E-state index contributed by atoms with van der Waals surface area (Å²) in [5, 5.41) is 10.6. The Morgan fingerprint density at radius 1 is 1.02 bits per heavy atom. The van der Waals surface area contributed by atoms with Gasteiger partial charge < -0.3 is 25.5 Å². The lowest BCUT2D eigenvalue weighted by Crippen LogP contribution is -2.35. The van der Waals surface area contributed by atoms with Crippen LogP contribution < -0.4 is 26.0 Å². The summed E-state index contributed by atoms with van der Waals surface area (Å²) in [6.07, 6.45) is 11.4. The van der Waals surface area contributed by atoms with Crippen LogP contribution in [0.25, 0.3) is 0 Å². The molecular weight excluding hydrogens is 584 g/mol. The summed E-state index contributed by atoms with van der Waals surface area (Å²) in [6, 6.07) is 15.8. The molecule has 1 fully saturated rings. The minimum Gasteiger partial charge on any atom is -0.458 e. The highest BCUT2D eigenvalue weighted by molar-refractivity contribution is 6.04. The van der Waals surface area contributed by atoms with Crippen molar-refractivity contribution in [3.8, 4) is 5.75 Å². The normalized spacial score (nSPS) is 18.1. The highest BCUT2D eigenvalue weighted by atomic mass is 16.5. The molecule has 5 amide bonds. The summed E-state index contributed by atoms with van der Waals surface area (Å²) in [7, 11) is 1.58. The van der Waals surface area contributed by atoms with Crippen molar-refractivity contribution in [2.24, 2.45) is 17.8 Å². The third-order valence-electron chi connectivity index (χ3n) is 7.48. The first kappa shape index (κ1) is 37.5. The van der Waals surface area contributed by atoms with Crippen LogP contribution in [0.4, 0.5) is 10.5 Å². The number of nitrogens with one attached hydrogen (secondary N) is 4. The first-order valence-corrected chi connectivity index (χ1v) is 16.0. The number of hydrogen-bond acceptors (Lipinski definition) is 6. The minimum absolute atomic E-state index is 0.146. The third-order valence-corrected chi connectivity index (χ3v) is 7.48. The van der Waals surface area contributed by atoms with E-state index in [-0.39, 0.29) is 47.9 Å². The molecule has 2 aromatic rings. The van der Waals surface area contributed by atoms with Crippen LogP contribution in [-0.2, 0) is 19.2 Å². The predicted molar refractivity (Wildman–Crippen MR) is 180 cm³/mol. The molecule has 1 saturated heterocycles. The number of ether oxygens (including phenoxy) is 1. The molecule has 0 spiro atoms. The Hall–Kier alpha value is -4.73. The Morgan fingerprint density at radius 3 is 2.33 bits per heavy atom. The van der Waals surface area contributed by atoms with Gasteiger partial charge in [0, 0.05) is 31.0 Å². The molecule has 0 radical (unpaired) electrons. The molecule has 0 bridgehead atoms. The Kier molecular flexibility index (Phi) is 16.6. The van der Waals surface area contributed by atoms with E-state index in [4.69, 9.17) is 4.74 Å². The Balaban J connectivity index is 0.000000385. The van der Waals surface area contributed by atoms with Gasteiger partial charge in [-0.15, -0.1) is 0 Å². The lowest BCUT2D eigenvalue weighted by Gasteiger charge is -2.19. The summed E-state index contributed by atoms with van der Waals surface area (Å²) in [5.74, 6) is 0.670. The first-order chi connectivity index (χ1) is 22.2. The molecule has 4 atom stereocenters. The van der Waals surface area contributed by atoms with Crippen LogP contribution in [0, 0.1) is 17.8 Å². The Morgan fingerprint density at radius 2 is 1.72 bits per heavy atom. The van der Waals surface area contributed by atoms with Crippen LogP contribution in [-0.4, -0.2) is 37.1 Å². The number of imide groups is 1. The van der Waals surface area contributed by atoms with Gasteiger partial charge in [-0.2, -0.15) is 0 Å². The number of aldehydes is 1. The van der Waals surface area contributed by atoms with Crippen molar-refractivity contribution in [2.45, 2.75) is 72.3 Å². The van der Waals surface area contributed by atoms with E-state index in [1.54, 1.807) is 26.1 Å². The maximum Gasteiger partial charge on any atom is 0.319 e. The zero-order valence-electron chi connectivity index (χ0n) is 27.5. The minimum atomic E-state index is -0.428. The molecule has 0 aromatic heterocycles. The molecule has 46 heavy (non-hydrogen) atoms. The second-order valence-corrected chi connectivity index (χ2v) is 11.0. The van der Waals surface area contributed by atoms with Crippen molar-refractivity contribution in [3.05, 3.63) is 84.1 Å². The van der Waals surface area contributed by atoms with Crippen LogP contribution >= 0.6 is 0 Å². The first-order valence-electron chi connectivity index (χ1n) is 16.0. The van der Waals surface area contributed by atoms with Crippen molar-refractivity contribution in [3.63, 3.8) is 0 Å². The van der Waals surface area contributed by atoms with Crippen molar-refractivity contribution >= 4 is 35.7 Å². The molecule has 0 saturated carbocycles. The number of carbonyl (C=O) groups is 5. The van der Waals surface area contributed by atoms with Gasteiger partial charge >= 0.3 is 6.03 Å². The summed E-state index contributed by atoms with van der Waals surface area (Å²) in [4.78, 5) is 57.1. The third kappa shape index (κ3) is 12.7. The van der Waals surface area contributed by atoms with Gasteiger partial charge in [0.15, 0.2) is 0 Å². The van der Waals surface area contributed by atoms with E-state index in [0.717, 1.165) is 36.9 Å². The molecule has 10 nitrogen and oxygen atoms in total. The quantitative estimate of drug-likeness (QED) is 0.171. The number of urea groups is 1. The zero-order chi connectivity index (χ0) is 33.9. The van der Waals surface area contributed by atoms with E-state index in [1.807, 2.05) is 69.3 Å². The van der Waals surface area contributed by atoms with E-state index in [0.29, 0.717) is 24.3 Å². The second-order valence-electron chi connectivity index (χ2n) is 11.0. The van der Waals surface area contributed by atoms with E-state index in [2.05, 4.69) is 33.4 Å². The fourth-order valence-corrected chi connectivity index (χ4v) is 4.86. The highest BCUT2D eigenvalue weighted by Gasteiger charge is 2.38. The van der Waals surface area contributed by atoms with Gasteiger partial charge in [0.25, 0.3) is 0 Å². The van der Waals surface area contributed by atoms with E-state index in [1.165, 1.54) is 0 Å². The molecule has 3 unspecified atom stereocenters.